The van der Waals surface area contributed by atoms with Crippen LogP contribution in [0.3, 0.4) is 0 Å². The maximum Gasteiger partial charge on any atom is 0.233 e. The van der Waals surface area contributed by atoms with Crippen LogP contribution in [0.1, 0.15) is 24.0 Å². The Morgan fingerprint density at radius 2 is 1.78 bits per heavy atom. The number of halogens is 1. The summed E-state index contributed by atoms with van der Waals surface area (Å²) in [6.07, 6.45) is 6.75. The number of aliphatic imine (C=N–C) groups is 1. The van der Waals surface area contributed by atoms with E-state index in [0.29, 0.717) is 25.5 Å². The van der Waals surface area contributed by atoms with E-state index in [1.54, 1.807) is 14.2 Å². The summed E-state index contributed by atoms with van der Waals surface area (Å²) in [7, 11) is 3.42. The van der Waals surface area contributed by atoms with Gasteiger partial charge in [0.1, 0.15) is 5.75 Å². The average Bonchev–Trinajstić information content (AvgIpc) is 3.45. The van der Waals surface area contributed by atoms with E-state index in [0.717, 1.165) is 30.7 Å². The van der Waals surface area contributed by atoms with Gasteiger partial charge in [-0.25, -0.2) is 0 Å². The molecule has 1 aliphatic heterocycles. The number of benzene rings is 1. The van der Waals surface area contributed by atoms with E-state index in [9.17, 15) is 9.59 Å². The lowest BCUT2D eigenvalue weighted by Gasteiger charge is -2.18. The van der Waals surface area contributed by atoms with Crippen LogP contribution >= 0.6 is 24.0 Å². The number of allylic oxidation sites excluding steroid dienone is 2. The minimum absolute atomic E-state index is 0. The highest BCUT2D eigenvalue weighted by atomic mass is 127. The summed E-state index contributed by atoms with van der Waals surface area (Å²) in [5, 5.41) is 6.59. The van der Waals surface area contributed by atoms with Crippen LogP contribution in [0, 0.1) is 30.6 Å². The number of carbonyl (C=O) groups is 2. The van der Waals surface area contributed by atoms with Gasteiger partial charge in [0.2, 0.25) is 11.8 Å². The van der Waals surface area contributed by atoms with Gasteiger partial charge in [0.05, 0.1) is 18.9 Å². The van der Waals surface area contributed by atoms with Crippen LogP contribution in [0.5, 0.6) is 5.75 Å². The Kier molecular flexibility index (Phi) is 8.19. The third-order valence-corrected chi connectivity index (χ3v) is 6.76. The maximum absolute atomic E-state index is 12.7. The molecule has 8 heteroatoms. The number of likely N-dealkylation sites (tertiary alicyclic amines) is 1. The molecule has 1 aromatic rings. The quantitative estimate of drug-likeness (QED) is 0.129. The number of nitrogens with one attached hydrogen (secondary N) is 2. The largest absolute Gasteiger partial charge is 0.496 e. The number of ether oxygens (including phenoxy) is 1. The van der Waals surface area contributed by atoms with Crippen molar-refractivity contribution < 1.29 is 14.3 Å². The highest BCUT2D eigenvalue weighted by Crippen LogP contribution is 2.52. The van der Waals surface area contributed by atoms with E-state index in [2.05, 4.69) is 40.8 Å². The van der Waals surface area contributed by atoms with E-state index in [4.69, 9.17) is 4.74 Å². The van der Waals surface area contributed by atoms with Gasteiger partial charge >= 0.3 is 0 Å². The lowest BCUT2D eigenvalue weighted by molar-refractivity contribution is -0.140. The molecule has 0 spiro atoms. The minimum atomic E-state index is -0.108. The third-order valence-electron chi connectivity index (χ3n) is 6.76. The predicted octanol–water partition coefficient (Wildman–Crippen LogP) is 2.53. The van der Waals surface area contributed by atoms with Crippen molar-refractivity contribution in [2.75, 3.05) is 33.8 Å². The first-order valence-electron chi connectivity index (χ1n) is 11.1. The molecular formula is C24H33IN4O3. The van der Waals surface area contributed by atoms with Crippen LogP contribution in [0.15, 0.2) is 35.3 Å². The molecule has 4 rings (SSSR count). The number of methoxy groups -OCH3 is 1. The first-order chi connectivity index (χ1) is 15.0. The fourth-order valence-corrected chi connectivity index (χ4v) is 5.27. The van der Waals surface area contributed by atoms with Crippen molar-refractivity contribution in [3.05, 3.63) is 41.5 Å². The fraction of sp³-hybridized carbons (Fsp3) is 0.542. The number of carbonyl (C=O) groups excluding carboxylic acids is 2. The molecule has 3 aliphatic rings. The van der Waals surface area contributed by atoms with E-state index in [1.807, 2.05) is 12.1 Å². The van der Waals surface area contributed by atoms with Gasteiger partial charge in [-0.1, -0.05) is 29.8 Å². The van der Waals surface area contributed by atoms with Crippen molar-refractivity contribution in [3.63, 3.8) is 0 Å². The Bertz CT molecular complexity index is 887. The van der Waals surface area contributed by atoms with Crippen LogP contribution in [0.4, 0.5) is 0 Å². The standard InChI is InChI=1S/C24H32N4O3.HI/c1-15-5-8-19(31-3)16(13-15)9-11-27-24(25-2)26-10-4-12-28-22(29)20-17-6-7-18(14-17)21(20)23(28)30;/h5-8,13,17-18,20-21H,4,9-12,14H2,1-3H3,(H2,25,26,27);1H. The van der Waals surface area contributed by atoms with E-state index in [1.165, 1.54) is 10.5 Å². The first-order valence-corrected chi connectivity index (χ1v) is 11.1. The lowest BCUT2D eigenvalue weighted by atomic mass is 9.85. The number of guanidine groups is 1. The molecule has 4 unspecified atom stereocenters. The molecule has 1 saturated carbocycles. The SMILES string of the molecule is CN=C(NCCCN1C(=O)C2C3C=CC(C3)C2C1=O)NCCc1cc(C)ccc1OC.I. The topological polar surface area (TPSA) is 83.0 Å². The summed E-state index contributed by atoms with van der Waals surface area (Å²) in [4.78, 5) is 31.2. The molecule has 2 aliphatic carbocycles. The molecule has 2 amide bonds. The fourth-order valence-electron chi connectivity index (χ4n) is 5.27. The zero-order valence-electron chi connectivity index (χ0n) is 19.0. The van der Waals surface area contributed by atoms with Gasteiger partial charge in [-0.2, -0.15) is 0 Å². The second-order valence-corrected chi connectivity index (χ2v) is 8.67. The van der Waals surface area contributed by atoms with Gasteiger partial charge in [-0.05, 0) is 49.7 Å². The van der Waals surface area contributed by atoms with Crippen molar-refractivity contribution in [1.82, 2.24) is 15.5 Å². The molecule has 4 atom stereocenters. The Balaban J connectivity index is 0.00000289. The molecule has 1 saturated heterocycles. The molecular weight excluding hydrogens is 519 g/mol. The lowest BCUT2D eigenvalue weighted by Crippen LogP contribution is -2.40. The Morgan fingerprint density at radius 1 is 1.12 bits per heavy atom. The van der Waals surface area contributed by atoms with Gasteiger partial charge < -0.3 is 15.4 Å². The normalized spacial score (nSPS) is 25.7. The number of nitrogens with zero attached hydrogens (tertiary/aromatic N) is 2. The predicted molar refractivity (Wildman–Crippen MR) is 135 cm³/mol. The maximum atomic E-state index is 12.7. The Labute approximate surface area is 207 Å². The summed E-state index contributed by atoms with van der Waals surface area (Å²) in [6, 6.07) is 6.17. The summed E-state index contributed by atoms with van der Waals surface area (Å²) in [5.74, 6) is 1.98. The number of aryl methyl sites for hydroxylation is 1. The van der Waals surface area contributed by atoms with Crippen LogP contribution in [-0.2, 0) is 16.0 Å². The third kappa shape index (κ3) is 4.79. The average molecular weight is 552 g/mol. The first kappa shape index (κ1) is 24.5. The highest BCUT2D eigenvalue weighted by molar-refractivity contribution is 14.0. The molecule has 32 heavy (non-hydrogen) atoms. The van der Waals surface area contributed by atoms with E-state index in [-0.39, 0.29) is 59.5 Å². The van der Waals surface area contributed by atoms with Crippen LogP contribution < -0.4 is 15.4 Å². The molecule has 2 bridgehead atoms. The van der Waals surface area contributed by atoms with Gasteiger partial charge in [0.15, 0.2) is 5.96 Å². The molecule has 1 heterocycles. The van der Waals surface area contributed by atoms with Gasteiger partial charge in [0.25, 0.3) is 0 Å². The number of hydrogen-bond acceptors (Lipinski definition) is 4. The number of rotatable bonds is 8. The van der Waals surface area contributed by atoms with Gasteiger partial charge in [-0.15, -0.1) is 24.0 Å². The zero-order chi connectivity index (χ0) is 22.0. The summed E-state index contributed by atoms with van der Waals surface area (Å²) < 4.78 is 5.44. The van der Waals surface area contributed by atoms with Crippen LogP contribution in [0.25, 0.3) is 0 Å². The minimum Gasteiger partial charge on any atom is -0.496 e. The van der Waals surface area contributed by atoms with Crippen LogP contribution in [-0.4, -0.2) is 56.5 Å². The second kappa shape index (κ2) is 10.7. The van der Waals surface area contributed by atoms with E-state index < -0.39 is 0 Å². The summed E-state index contributed by atoms with van der Waals surface area (Å²) in [6.45, 7) is 3.91. The number of fused-ring (bicyclic) bond motifs is 5. The number of hydrogen-bond donors (Lipinski definition) is 2. The molecule has 1 aromatic carbocycles. The Hall–Kier alpha value is -2.10. The Morgan fingerprint density at radius 3 is 2.41 bits per heavy atom. The van der Waals surface area contributed by atoms with Crippen molar-refractivity contribution in [2.24, 2.45) is 28.7 Å². The summed E-state index contributed by atoms with van der Waals surface area (Å²) >= 11 is 0. The van der Waals surface area contributed by atoms with Crippen molar-refractivity contribution in [1.29, 1.82) is 0 Å². The van der Waals surface area contributed by atoms with Gasteiger partial charge in [-0.3, -0.25) is 19.5 Å². The molecule has 2 fully saturated rings. The van der Waals surface area contributed by atoms with Crippen LogP contribution in [0.2, 0.25) is 0 Å². The van der Waals surface area contributed by atoms with Crippen molar-refractivity contribution in [3.8, 4) is 5.75 Å². The molecule has 2 N–H and O–H groups in total. The number of imide groups is 1. The number of amides is 2. The summed E-state index contributed by atoms with van der Waals surface area (Å²) in [5.41, 5.74) is 2.36. The highest BCUT2D eigenvalue weighted by Gasteiger charge is 2.58. The second-order valence-electron chi connectivity index (χ2n) is 8.67. The van der Waals surface area contributed by atoms with Gasteiger partial charge in [0, 0.05) is 26.7 Å². The van der Waals surface area contributed by atoms with Crippen molar-refractivity contribution >= 4 is 41.8 Å². The monoisotopic (exact) mass is 552 g/mol. The van der Waals surface area contributed by atoms with Crippen molar-refractivity contribution in [2.45, 2.75) is 26.2 Å². The molecule has 174 valence electrons. The molecule has 0 radical (unpaired) electrons. The van der Waals surface area contributed by atoms with E-state index >= 15 is 0 Å². The zero-order valence-corrected chi connectivity index (χ0v) is 21.3. The molecule has 0 aromatic heterocycles. The smallest absolute Gasteiger partial charge is 0.233 e. The molecule has 7 nitrogen and oxygen atoms in total.